The van der Waals surface area contributed by atoms with E-state index < -0.39 is 0 Å². The third-order valence-corrected chi connectivity index (χ3v) is 2.75. The molecule has 0 saturated carbocycles. The van der Waals surface area contributed by atoms with Gasteiger partial charge in [-0.3, -0.25) is 0 Å². The van der Waals surface area contributed by atoms with Gasteiger partial charge in [0.1, 0.15) is 5.82 Å². The molecule has 0 aliphatic heterocycles. The van der Waals surface area contributed by atoms with Crippen molar-refractivity contribution in [2.75, 3.05) is 26.8 Å². The fourth-order valence-corrected chi connectivity index (χ4v) is 1.77. The Kier molecular flexibility index (Phi) is 6.61. The molecule has 2 nitrogen and oxygen atoms in total. The van der Waals surface area contributed by atoms with E-state index in [1.807, 2.05) is 19.9 Å². The standard InChI is InChI=1S/C15H22FNO/c1-12-9-14(11-15(16)10-12)13(2)5-4-6-17-7-8-18-3/h5,9-11,17H,4,6-8H2,1-3H3. The minimum atomic E-state index is -0.170. The molecule has 0 amide bonds. The lowest BCUT2D eigenvalue weighted by Gasteiger charge is -2.05. The second kappa shape index (κ2) is 8.01. The van der Waals surface area contributed by atoms with E-state index >= 15 is 0 Å². The van der Waals surface area contributed by atoms with Gasteiger partial charge in [-0.05, 0) is 55.6 Å². The molecule has 1 rings (SSSR count). The summed E-state index contributed by atoms with van der Waals surface area (Å²) in [5.41, 5.74) is 3.03. The number of rotatable bonds is 7. The monoisotopic (exact) mass is 251 g/mol. The molecule has 0 bridgehead atoms. The summed E-state index contributed by atoms with van der Waals surface area (Å²) < 4.78 is 18.2. The van der Waals surface area contributed by atoms with E-state index in [4.69, 9.17) is 4.74 Å². The molecule has 0 aliphatic rings. The summed E-state index contributed by atoms with van der Waals surface area (Å²) in [6.45, 7) is 6.43. The van der Waals surface area contributed by atoms with E-state index in [1.165, 1.54) is 0 Å². The van der Waals surface area contributed by atoms with E-state index in [0.717, 1.165) is 42.8 Å². The first-order valence-corrected chi connectivity index (χ1v) is 6.27. The Hall–Kier alpha value is -1.19. The van der Waals surface area contributed by atoms with Crippen LogP contribution in [0.5, 0.6) is 0 Å². The van der Waals surface area contributed by atoms with Crippen molar-refractivity contribution in [3.8, 4) is 0 Å². The van der Waals surface area contributed by atoms with Gasteiger partial charge in [-0.25, -0.2) is 4.39 Å². The lowest BCUT2D eigenvalue weighted by Crippen LogP contribution is -2.19. The normalized spacial score (nSPS) is 11.9. The van der Waals surface area contributed by atoms with E-state index in [-0.39, 0.29) is 5.82 Å². The zero-order valence-electron chi connectivity index (χ0n) is 11.4. The second-order valence-electron chi connectivity index (χ2n) is 4.44. The number of hydrogen-bond acceptors (Lipinski definition) is 2. The summed E-state index contributed by atoms with van der Waals surface area (Å²) in [5, 5.41) is 3.27. The lowest BCUT2D eigenvalue weighted by atomic mass is 10.0. The molecule has 0 atom stereocenters. The smallest absolute Gasteiger partial charge is 0.124 e. The maximum atomic E-state index is 13.3. The predicted octanol–water partition coefficient (Wildman–Crippen LogP) is 3.16. The largest absolute Gasteiger partial charge is 0.383 e. The third kappa shape index (κ3) is 5.43. The van der Waals surface area contributed by atoms with Crippen LogP contribution in [0.3, 0.4) is 0 Å². The molecule has 0 saturated heterocycles. The van der Waals surface area contributed by atoms with Crippen molar-refractivity contribution < 1.29 is 9.13 Å². The first kappa shape index (κ1) is 14.9. The quantitative estimate of drug-likeness (QED) is 0.752. The van der Waals surface area contributed by atoms with Gasteiger partial charge in [-0.1, -0.05) is 12.1 Å². The van der Waals surface area contributed by atoms with Crippen LogP contribution in [0.2, 0.25) is 0 Å². The fourth-order valence-electron chi connectivity index (χ4n) is 1.77. The molecule has 1 aromatic carbocycles. The molecular formula is C15H22FNO. The molecule has 1 aromatic rings. The van der Waals surface area contributed by atoms with Crippen LogP contribution < -0.4 is 5.32 Å². The molecule has 0 spiro atoms. The second-order valence-corrected chi connectivity index (χ2v) is 4.44. The maximum absolute atomic E-state index is 13.3. The van der Waals surface area contributed by atoms with Crippen LogP contribution >= 0.6 is 0 Å². The molecule has 3 heteroatoms. The van der Waals surface area contributed by atoms with Crippen molar-refractivity contribution in [2.24, 2.45) is 0 Å². The number of nitrogens with one attached hydrogen (secondary N) is 1. The van der Waals surface area contributed by atoms with Crippen LogP contribution in [0.25, 0.3) is 5.57 Å². The van der Waals surface area contributed by atoms with Gasteiger partial charge >= 0.3 is 0 Å². The van der Waals surface area contributed by atoms with Gasteiger partial charge < -0.3 is 10.1 Å². The Bertz CT molecular complexity index is 381. The fraction of sp³-hybridized carbons (Fsp3) is 0.467. The van der Waals surface area contributed by atoms with Gasteiger partial charge in [0.05, 0.1) is 6.61 Å². The molecule has 100 valence electrons. The van der Waals surface area contributed by atoms with Gasteiger partial charge in [-0.15, -0.1) is 0 Å². The number of hydrogen-bond donors (Lipinski definition) is 1. The third-order valence-electron chi connectivity index (χ3n) is 2.75. The summed E-state index contributed by atoms with van der Waals surface area (Å²) in [6, 6.07) is 5.13. The topological polar surface area (TPSA) is 21.3 Å². The SMILES string of the molecule is COCCNCCC=C(C)c1cc(C)cc(F)c1. The highest BCUT2D eigenvalue weighted by Gasteiger charge is 1.99. The van der Waals surface area contributed by atoms with Crippen molar-refractivity contribution in [3.63, 3.8) is 0 Å². The van der Waals surface area contributed by atoms with Crippen molar-refractivity contribution in [1.82, 2.24) is 5.32 Å². The minimum absolute atomic E-state index is 0.170. The van der Waals surface area contributed by atoms with Gasteiger partial charge in [0, 0.05) is 13.7 Å². The summed E-state index contributed by atoms with van der Waals surface area (Å²) in [6.07, 6.45) is 3.07. The van der Waals surface area contributed by atoms with E-state index in [2.05, 4.69) is 11.4 Å². The van der Waals surface area contributed by atoms with Crippen LogP contribution in [-0.2, 0) is 4.74 Å². The van der Waals surface area contributed by atoms with Gasteiger partial charge in [0.2, 0.25) is 0 Å². The molecule has 1 N–H and O–H groups in total. The number of benzene rings is 1. The number of halogens is 1. The van der Waals surface area contributed by atoms with E-state index in [0.29, 0.717) is 0 Å². The Labute approximate surface area is 109 Å². The average molecular weight is 251 g/mol. The van der Waals surface area contributed by atoms with Crippen molar-refractivity contribution in [1.29, 1.82) is 0 Å². The van der Waals surface area contributed by atoms with Crippen molar-refractivity contribution in [3.05, 3.63) is 41.2 Å². The van der Waals surface area contributed by atoms with Crippen LogP contribution in [0.1, 0.15) is 24.5 Å². The minimum Gasteiger partial charge on any atom is -0.383 e. The van der Waals surface area contributed by atoms with Crippen LogP contribution in [0, 0.1) is 12.7 Å². The van der Waals surface area contributed by atoms with Crippen LogP contribution in [0.15, 0.2) is 24.3 Å². The Morgan fingerprint density at radius 3 is 2.78 bits per heavy atom. The van der Waals surface area contributed by atoms with Gasteiger partial charge in [0.15, 0.2) is 0 Å². The number of aryl methyl sites for hydroxylation is 1. The Balaban J connectivity index is 2.45. The van der Waals surface area contributed by atoms with E-state index in [1.54, 1.807) is 19.2 Å². The molecule has 0 aromatic heterocycles. The highest BCUT2D eigenvalue weighted by Crippen LogP contribution is 2.17. The molecular weight excluding hydrogens is 229 g/mol. The average Bonchev–Trinajstić information content (AvgIpc) is 2.32. The van der Waals surface area contributed by atoms with Gasteiger partial charge in [0.25, 0.3) is 0 Å². The van der Waals surface area contributed by atoms with Crippen LogP contribution in [-0.4, -0.2) is 26.8 Å². The molecule has 0 fully saturated rings. The number of ether oxygens (including phenoxy) is 1. The molecule has 0 heterocycles. The summed E-state index contributed by atoms with van der Waals surface area (Å²) in [4.78, 5) is 0. The first-order valence-electron chi connectivity index (χ1n) is 6.27. The highest BCUT2D eigenvalue weighted by molar-refractivity contribution is 5.64. The summed E-state index contributed by atoms with van der Waals surface area (Å²) in [7, 11) is 1.69. The van der Waals surface area contributed by atoms with Crippen molar-refractivity contribution in [2.45, 2.75) is 20.3 Å². The maximum Gasteiger partial charge on any atom is 0.124 e. The molecule has 0 radical (unpaired) electrons. The number of methoxy groups -OCH3 is 1. The Morgan fingerprint density at radius 2 is 2.11 bits per heavy atom. The molecule has 0 aliphatic carbocycles. The first-order chi connectivity index (χ1) is 8.63. The highest BCUT2D eigenvalue weighted by atomic mass is 19.1. The predicted molar refractivity (Wildman–Crippen MR) is 74.2 cm³/mol. The Morgan fingerprint density at radius 1 is 1.33 bits per heavy atom. The number of allylic oxidation sites excluding steroid dienone is 1. The zero-order chi connectivity index (χ0) is 13.4. The van der Waals surface area contributed by atoms with E-state index in [9.17, 15) is 4.39 Å². The lowest BCUT2D eigenvalue weighted by molar-refractivity contribution is 0.199. The molecule has 18 heavy (non-hydrogen) atoms. The summed E-state index contributed by atoms with van der Waals surface area (Å²) >= 11 is 0. The summed E-state index contributed by atoms with van der Waals surface area (Å²) in [5.74, 6) is -0.170. The molecule has 0 unspecified atom stereocenters. The van der Waals surface area contributed by atoms with Crippen LogP contribution in [0.4, 0.5) is 4.39 Å². The zero-order valence-corrected chi connectivity index (χ0v) is 11.4. The van der Waals surface area contributed by atoms with Gasteiger partial charge in [-0.2, -0.15) is 0 Å². The van der Waals surface area contributed by atoms with Crippen molar-refractivity contribution >= 4 is 5.57 Å².